The minimum absolute atomic E-state index is 0.134. The van der Waals surface area contributed by atoms with Crippen molar-refractivity contribution in [1.29, 1.82) is 0 Å². The molecule has 0 radical (unpaired) electrons. The number of nitrogens with one attached hydrogen (secondary N) is 1. The predicted molar refractivity (Wildman–Crippen MR) is 109 cm³/mol. The Bertz CT molecular complexity index is 927. The average Bonchev–Trinajstić information content (AvgIpc) is 2.70. The largest absolute Gasteiger partial charge is 0.481 e. The zero-order valence-electron chi connectivity index (χ0n) is 15.3. The van der Waals surface area contributed by atoms with Crippen LogP contribution in [0.4, 0.5) is 11.5 Å². The molecule has 3 aromatic rings. The Morgan fingerprint density at radius 1 is 1.15 bits per heavy atom. The standard InChI is InChI=1S/C20H21ClN4O2/c1-3-25(4-2)18-10-7-14(12-23-18)24-19(26)13-27-17-9-8-16(21)15-6-5-11-22-20(15)17/h5-12H,3-4,13H2,1-2H3,(H,24,26). The van der Waals surface area contributed by atoms with E-state index in [0.29, 0.717) is 22.0 Å². The van der Waals surface area contributed by atoms with Crippen LogP contribution in [0.2, 0.25) is 5.02 Å². The van der Waals surface area contributed by atoms with Crippen LogP contribution in [0.25, 0.3) is 10.9 Å². The van der Waals surface area contributed by atoms with Crippen molar-refractivity contribution >= 4 is 39.9 Å². The molecule has 0 atom stereocenters. The molecule has 0 spiro atoms. The number of halogens is 1. The fourth-order valence-electron chi connectivity index (χ4n) is 2.76. The maximum Gasteiger partial charge on any atom is 0.262 e. The quantitative estimate of drug-likeness (QED) is 0.662. The number of anilines is 2. The zero-order chi connectivity index (χ0) is 19.2. The van der Waals surface area contributed by atoms with E-state index in [2.05, 4.69) is 34.0 Å². The molecule has 2 heterocycles. The third-order valence-corrected chi connectivity index (χ3v) is 4.49. The van der Waals surface area contributed by atoms with E-state index in [1.807, 2.05) is 18.2 Å². The van der Waals surface area contributed by atoms with Crippen LogP contribution in [0.15, 0.2) is 48.8 Å². The number of nitrogens with zero attached hydrogens (tertiary/aromatic N) is 3. The van der Waals surface area contributed by atoms with E-state index < -0.39 is 0 Å². The molecule has 140 valence electrons. The highest BCUT2D eigenvalue weighted by Crippen LogP contribution is 2.29. The van der Waals surface area contributed by atoms with E-state index >= 15 is 0 Å². The van der Waals surface area contributed by atoms with Gasteiger partial charge in [0.15, 0.2) is 6.61 Å². The van der Waals surface area contributed by atoms with E-state index in [4.69, 9.17) is 16.3 Å². The van der Waals surface area contributed by atoms with Gasteiger partial charge in [-0.25, -0.2) is 4.98 Å². The smallest absolute Gasteiger partial charge is 0.262 e. The Kier molecular flexibility index (Phi) is 6.08. The summed E-state index contributed by atoms with van der Waals surface area (Å²) in [5.74, 6) is 1.12. The van der Waals surface area contributed by atoms with Gasteiger partial charge in [-0.05, 0) is 50.2 Å². The van der Waals surface area contributed by atoms with Crippen molar-refractivity contribution in [3.8, 4) is 5.75 Å². The first-order valence-electron chi connectivity index (χ1n) is 8.79. The number of amides is 1. The molecular weight excluding hydrogens is 364 g/mol. The maximum absolute atomic E-state index is 12.2. The number of benzene rings is 1. The highest BCUT2D eigenvalue weighted by Gasteiger charge is 2.10. The van der Waals surface area contributed by atoms with Gasteiger partial charge in [0.05, 0.1) is 16.9 Å². The van der Waals surface area contributed by atoms with Gasteiger partial charge in [0.25, 0.3) is 5.91 Å². The van der Waals surface area contributed by atoms with Crippen molar-refractivity contribution in [3.05, 3.63) is 53.8 Å². The van der Waals surface area contributed by atoms with Crippen molar-refractivity contribution in [1.82, 2.24) is 9.97 Å². The minimum atomic E-state index is -0.272. The van der Waals surface area contributed by atoms with Crippen molar-refractivity contribution < 1.29 is 9.53 Å². The molecule has 0 saturated carbocycles. The summed E-state index contributed by atoms with van der Waals surface area (Å²) in [6, 6.07) is 10.8. The van der Waals surface area contributed by atoms with E-state index in [9.17, 15) is 4.79 Å². The molecule has 27 heavy (non-hydrogen) atoms. The molecule has 1 N–H and O–H groups in total. The Hall–Kier alpha value is -2.86. The molecule has 0 unspecified atom stereocenters. The van der Waals surface area contributed by atoms with Crippen LogP contribution in [0.5, 0.6) is 5.75 Å². The van der Waals surface area contributed by atoms with E-state index in [-0.39, 0.29) is 12.5 Å². The predicted octanol–water partition coefficient (Wildman–Crippen LogP) is 4.15. The van der Waals surface area contributed by atoms with Gasteiger partial charge in [-0.3, -0.25) is 9.78 Å². The van der Waals surface area contributed by atoms with Crippen molar-refractivity contribution in [2.24, 2.45) is 0 Å². The van der Waals surface area contributed by atoms with Gasteiger partial charge in [-0.1, -0.05) is 11.6 Å². The number of hydrogen-bond acceptors (Lipinski definition) is 5. The molecule has 1 aromatic carbocycles. The first-order valence-corrected chi connectivity index (χ1v) is 9.17. The second-order valence-electron chi connectivity index (χ2n) is 5.86. The average molecular weight is 385 g/mol. The van der Waals surface area contributed by atoms with Crippen LogP contribution in [-0.2, 0) is 4.79 Å². The third kappa shape index (κ3) is 4.46. The zero-order valence-corrected chi connectivity index (χ0v) is 16.0. The van der Waals surface area contributed by atoms with Gasteiger partial charge in [-0.15, -0.1) is 0 Å². The Labute approximate surface area is 163 Å². The minimum Gasteiger partial charge on any atom is -0.481 e. The van der Waals surface area contributed by atoms with E-state index in [0.717, 1.165) is 24.3 Å². The molecule has 0 bridgehead atoms. The Balaban J connectivity index is 1.63. The van der Waals surface area contributed by atoms with Gasteiger partial charge in [0.1, 0.15) is 17.1 Å². The van der Waals surface area contributed by atoms with Crippen LogP contribution in [0.1, 0.15) is 13.8 Å². The number of carbonyl (C=O) groups excluding carboxylic acids is 1. The molecule has 1 amide bonds. The van der Waals surface area contributed by atoms with Gasteiger partial charge in [0, 0.05) is 24.7 Å². The van der Waals surface area contributed by atoms with Gasteiger partial charge in [0.2, 0.25) is 0 Å². The van der Waals surface area contributed by atoms with E-state index in [1.165, 1.54) is 0 Å². The molecule has 7 heteroatoms. The van der Waals surface area contributed by atoms with Gasteiger partial charge < -0.3 is 15.0 Å². The lowest BCUT2D eigenvalue weighted by atomic mass is 10.2. The Morgan fingerprint density at radius 2 is 1.96 bits per heavy atom. The normalized spacial score (nSPS) is 10.6. The summed E-state index contributed by atoms with van der Waals surface area (Å²) in [5, 5.41) is 4.16. The second-order valence-corrected chi connectivity index (χ2v) is 6.27. The third-order valence-electron chi connectivity index (χ3n) is 4.16. The molecule has 0 aliphatic rings. The van der Waals surface area contributed by atoms with Gasteiger partial charge >= 0.3 is 0 Å². The number of hydrogen-bond donors (Lipinski definition) is 1. The summed E-state index contributed by atoms with van der Waals surface area (Å²) < 4.78 is 5.64. The first kappa shape index (κ1) is 18.9. The lowest BCUT2D eigenvalue weighted by molar-refractivity contribution is -0.118. The molecular formula is C20H21ClN4O2. The summed E-state index contributed by atoms with van der Waals surface area (Å²) in [4.78, 5) is 23.0. The fraction of sp³-hybridized carbons (Fsp3) is 0.250. The number of ether oxygens (including phenoxy) is 1. The lowest BCUT2D eigenvalue weighted by Gasteiger charge is -2.19. The fourth-order valence-corrected chi connectivity index (χ4v) is 2.98. The molecule has 0 aliphatic heterocycles. The highest BCUT2D eigenvalue weighted by molar-refractivity contribution is 6.35. The van der Waals surface area contributed by atoms with Crippen LogP contribution in [0.3, 0.4) is 0 Å². The number of pyridine rings is 2. The highest BCUT2D eigenvalue weighted by atomic mass is 35.5. The number of carbonyl (C=O) groups is 1. The van der Waals surface area contributed by atoms with Crippen molar-refractivity contribution in [2.75, 3.05) is 29.9 Å². The summed E-state index contributed by atoms with van der Waals surface area (Å²) >= 11 is 6.17. The maximum atomic E-state index is 12.2. The second kappa shape index (κ2) is 8.68. The molecule has 0 saturated heterocycles. The molecule has 3 rings (SSSR count). The summed E-state index contributed by atoms with van der Waals surface area (Å²) in [7, 11) is 0. The lowest BCUT2D eigenvalue weighted by Crippen LogP contribution is -2.23. The number of fused-ring (bicyclic) bond motifs is 1. The van der Waals surface area contributed by atoms with Crippen LogP contribution in [0, 0.1) is 0 Å². The van der Waals surface area contributed by atoms with Crippen LogP contribution >= 0.6 is 11.6 Å². The van der Waals surface area contributed by atoms with E-state index in [1.54, 1.807) is 30.6 Å². The molecule has 0 fully saturated rings. The Morgan fingerprint density at radius 3 is 2.67 bits per heavy atom. The summed E-state index contributed by atoms with van der Waals surface area (Å²) in [6.45, 7) is 5.78. The topological polar surface area (TPSA) is 67.4 Å². The summed E-state index contributed by atoms with van der Waals surface area (Å²) in [5.41, 5.74) is 1.25. The molecule has 6 nitrogen and oxygen atoms in total. The van der Waals surface area contributed by atoms with Crippen molar-refractivity contribution in [2.45, 2.75) is 13.8 Å². The summed E-state index contributed by atoms with van der Waals surface area (Å²) in [6.07, 6.45) is 3.31. The monoisotopic (exact) mass is 384 g/mol. The SMILES string of the molecule is CCN(CC)c1ccc(NC(=O)COc2ccc(Cl)c3cccnc23)cn1. The first-order chi connectivity index (χ1) is 13.1. The molecule has 2 aromatic heterocycles. The van der Waals surface area contributed by atoms with Crippen molar-refractivity contribution in [3.63, 3.8) is 0 Å². The van der Waals surface area contributed by atoms with Crippen LogP contribution in [-0.4, -0.2) is 35.6 Å². The van der Waals surface area contributed by atoms with Gasteiger partial charge in [-0.2, -0.15) is 0 Å². The number of rotatable bonds is 7. The molecule has 0 aliphatic carbocycles. The van der Waals surface area contributed by atoms with Crippen LogP contribution < -0.4 is 15.0 Å². The number of aromatic nitrogens is 2.